The van der Waals surface area contributed by atoms with Gasteiger partial charge in [0.1, 0.15) is 0 Å². The van der Waals surface area contributed by atoms with Crippen molar-refractivity contribution in [2.45, 2.75) is 58.0 Å². The maximum Gasteiger partial charge on any atom is 0.254 e. The molecule has 1 aromatic rings. The van der Waals surface area contributed by atoms with Crippen molar-refractivity contribution in [3.8, 4) is 0 Å². The fourth-order valence-corrected chi connectivity index (χ4v) is 3.47. The first kappa shape index (κ1) is 11.8. The van der Waals surface area contributed by atoms with E-state index in [-0.39, 0.29) is 5.91 Å². The topological polar surface area (TPSA) is 20.3 Å². The quantitative estimate of drug-likeness (QED) is 0.739. The number of fused-ring (bicyclic) bond motifs is 2. The molecule has 2 fully saturated rings. The molecule has 1 amide bonds. The van der Waals surface area contributed by atoms with Gasteiger partial charge in [0.05, 0.1) is 0 Å². The Kier molecular flexibility index (Phi) is 2.89. The van der Waals surface area contributed by atoms with E-state index in [0.29, 0.717) is 12.1 Å². The Hall–Kier alpha value is -1.31. The van der Waals surface area contributed by atoms with Gasteiger partial charge in [0.2, 0.25) is 0 Å². The lowest BCUT2D eigenvalue weighted by atomic mass is 10.00. The van der Waals surface area contributed by atoms with Gasteiger partial charge in [-0.05, 0) is 69.2 Å². The molecule has 2 heterocycles. The summed E-state index contributed by atoms with van der Waals surface area (Å²) >= 11 is 0. The van der Waals surface area contributed by atoms with Crippen molar-refractivity contribution >= 4 is 5.91 Å². The molecule has 2 heteroatoms. The molecule has 2 aliphatic heterocycles. The minimum absolute atomic E-state index is 0.255. The number of hydrogen-bond donors (Lipinski definition) is 0. The molecular formula is C16H21NO. The van der Waals surface area contributed by atoms with Crippen LogP contribution in [0.5, 0.6) is 0 Å². The zero-order valence-electron chi connectivity index (χ0n) is 11.3. The molecule has 2 bridgehead atoms. The van der Waals surface area contributed by atoms with Crippen LogP contribution in [-0.2, 0) is 0 Å². The number of benzene rings is 1. The molecule has 2 aliphatic rings. The molecule has 0 N–H and O–H groups in total. The summed E-state index contributed by atoms with van der Waals surface area (Å²) in [6, 6.07) is 7.12. The van der Waals surface area contributed by atoms with Crippen LogP contribution < -0.4 is 0 Å². The Bertz CT molecular complexity index is 464. The number of carbonyl (C=O) groups excluding carboxylic acids is 1. The zero-order chi connectivity index (χ0) is 12.7. The highest BCUT2D eigenvalue weighted by atomic mass is 16.2. The fraction of sp³-hybridized carbons (Fsp3) is 0.562. The van der Waals surface area contributed by atoms with Gasteiger partial charge >= 0.3 is 0 Å². The smallest absolute Gasteiger partial charge is 0.254 e. The van der Waals surface area contributed by atoms with E-state index in [0.717, 1.165) is 5.56 Å². The first-order valence-electron chi connectivity index (χ1n) is 7.07. The van der Waals surface area contributed by atoms with E-state index < -0.39 is 0 Å². The van der Waals surface area contributed by atoms with Crippen LogP contribution in [0.15, 0.2) is 18.2 Å². The third kappa shape index (κ3) is 1.84. The normalized spacial score (nSPS) is 26.4. The second kappa shape index (κ2) is 4.42. The van der Waals surface area contributed by atoms with Gasteiger partial charge in [-0.25, -0.2) is 0 Å². The maximum absolute atomic E-state index is 12.7. The second-order valence-corrected chi connectivity index (χ2v) is 5.83. The summed E-state index contributed by atoms with van der Waals surface area (Å²) in [5, 5.41) is 0. The van der Waals surface area contributed by atoms with E-state index in [1.54, 1.807) is 0 Å². The third-order valence-corrected chi connectivity index (χ3v) is 4.68. The first-order valence-corrected chi connectivity index (χ1v) is 7.07. The molecule has 0 aromatic heterocycles. The lowest BCUT2D eigenvalue weighted by Gasteiger charge is -2.35. The maximum atomic E-state index is 12.7. The molecule has 0 spiro atoms. The van der Waals surface area contributed by atoms with Crippen LogP contribution in [0.1, 0.15) is 53.6 Å². The SMILES string of the molecule is Cc1ccc(C(=O)N2C3CCCC2CC3)cc1C. The van der Waals surface area contributed by atoms with Crippen molar-refractivity contribution in [1.29, 1.82) is 0 Å². The van der Waals surface area contributed by atoms with Crippen LogP contribution in [0.4, 0.5) is 0 Å². The van der Waals surface area contributed by atoms with Gasteiger partial charge in [0, 0.05) is 17.6 Å². The summed E-state index contributed by atoms with van der Waals surface area (Å²) in [7, 11) is 0. The zero-order valence-corrected chi connectivity index (χ0v) is 11.3. The predicted molar refractivity (Wildman–Crippen MR) is 72.7 cm³/mol. The Morgan fingerprint density at radius 3 is 2.33 bits per heavy atom. The van der Waals surface area contributed by atoms with E-state index in [9.17, 15) is 4.79 Å². The van der Waals surface area contributed by atoms with Crippen LogP contribution in [0.25, 0.3) is 0 Å². The number of rotatable bonds is 1. The van der Waals surface area contributed by atoms with E-state index in [2.05, 4.69) is 24.8 Å². The number of amides is 1. The van der Waals surface area contributed by atoms with E-state index in [1.165, 1.54) is 43.2 Å². The van der Waals surface area contributed by atoms with Crippen molar-refractivity contribution in [3.63, 3.8) is 0 Å². The van der Waals surface area contributed by atoms with Gasteiger partial charge in [0.25, 0.3) is 5.91 Å². The lowest BCUT2D eigenvalue weighted by Crippen LogP contribution is -2.44. The second-order valence-electron chi connectivity index (χ2n) is 5.83. The van der Waals surface area contributed by atoms with Crippen molar-refractivity contribution in [3.05, 3.63) is 34.9 Å². The average Bonchev–Trinajstić information content (AvgIpc) is 2.61. The van der Waals surface area contributed by atoms with Gasteiger partial charge in [-0.15, -0.1) is 0 Å². The Balaban J connectivity index is 1.88. The van der Waals surface area contributed by atoms with Crippen molar-refractivity contribution in [2.75, 3.05) is 0 Å². The number of nitrogens with zero attached hydrogens (tertiary/aromatic N) is 1. The van der Waals surface area contributed by atoms with E-state index in [4.69, 9.17) is 0 Å². The summed E-state index contributed by atoms with van der Waals surface area (Å²) in [4.78, 5) is 14.8. The molecule has 0 radical (unpaired) electrons. The van der Waals surface area contributed by atoms with Crippen molar-refractivity contribution in [2.24, 2.45) is 0 Å². The molecule has 2 unspecified atom stereocenters. The van der Waals surface area contributed by atoms with Gasteiger partial charge in [-0.2, -0.15) is 0 Å². The number of hydrogen-bond acceptors (Lipinski definition) is 1. The summed E-state index contributed by atoms with van der Waals surface area (Å²) in [5.41, 5.74) is 3.34. The number of piperidine rings is 1. The monoisotopic (exact) mass is 243 g/mol. The average molecular weight is 243 g/mol. The van der Waals surface area contributed by atoms with E-state index >= 15 is 0 Å². The minimum atomic E-state index is 0.255. The molecule has 1 aromatic carbocycles. The highest BCUT2D eigenvalue weighted by molar-refractivity contribution is 5.95. The minimum Gasteiger partial charge on any atom is -0.333 e. The van der Waals surface area contributed by atoms with Gasteiger partial charge in [-0.3, -0.25) is 4.79 Å². The summed E-state index contributed by atoms with van der Waals surface area (Å²) < 4.78 is 0. The Labute approximate surface area is 109 Å². The Morgan fingerprint density at radius 1 is 1.06 bits per heavy atom. The van der Waals surface area contributed by atoms with Gasteiger partial charge in [-0.1, -0.05) is 6.07 Å². The summed E-state index contributed by atoms with van der Waals surface area (Å²) in [6.45, 7) is 4.17. The van der Waals surface area contributed by atoms with Crippen LogP contribution >= 0.6 is 0 Å². The highest BCUT2D eigenvalue weighted by Crippen LogP contribution is 2.36. The molecule has 2 atom stereocenters. The summed E-state index contributed by atoms with van der Waals surface area (Å²) in [6.07, 6.45) is 6.12. The van der Waals surface area contributed by atoms with Crippen LogP contribution in [0, 0.1) is 13.8 Å². The number of carbonyl (C=O) groups is 1. The van der Waals surface area contributed by atoms with Crippen LogP contribution in [-0.4, -0.2) is 22.9 Å². The van der Waals surface area contributed by atoms with E-state index in [1.807, 2.05) is 12.1 Å². The Morgan fingerprint density at radius 2 is 1.72 bits per heavy atom. The number of aryl methyl sites for hydroxylation is 2. The van der Waals surface area contributed by atoms with Crippen LogP contribution in [0.3, 0.4) is 0 Å². The third-order valence-electron chi connectivity index (χ3n) is 4.68. The molecular weight excluding hydrogens is 222 g/mol. The molecule has 96 valence electrons. The van der Waals surface area contributed by atoms with Crippen molar-refractivity contribution < 1.29 is 4.79 Å². The fourth-order valence-electron chi connectivity index (χ4n) is 3.47. The molecule has 0 aliphatic carbocycles. The standard InChI is InChI=1S/C16H21NO/c1-11-6-7-13(10-12(11)2)16(18)17-14-4-3-5-15(17)9-8-14/h6-7,10,14-15H,3-5,8-9H2,1-2H3. The lowest BCUT2D eigenvalue weighted by molar-refractivity contribution is 0.0595. The molecule has 2 saturated heterocycles. The van der Waals surface area contributed by atoms with Gasteiger partial charge < -0.3 is 4.90 Å². The predicted octanol–water partition coefficient (Wildman–Crippen LogP) is 3.46. The van der Waals surface area contributed by atoms with Crippen molar-refractivity contribution in [1.82, 2.24) is 4.90 Å². The molecule has 18 heavy (non-hydrogen) atoms. The highest BCUT2D eigenvalue weighted by Gasteiger charge is 2.39. The molecule has 0 saturated carbocycles. The van der Waals surface area contributed by atoms with Crippen LogP contribution in [0.2, 0.25) is 0 Å². The largest absolute Gasteiger partial charge is 0.333 e. The first-order chi connectivity index (χ1) is 8.66. The molecule has 2 nitrogen and oxygen atoms in total. The van der Waals surface area contributed by atoms with Gasteiger partial charge in [0.15, 0.2) is 0 Å². The molecule has 3 rings (SSSR count). The summed E-state index contributed by atoms with van der Waals surface area (Å²) in [5.74, 6) is 0.255.